The minimum absolute atomic E-state index is 0.289. The van der Waals surface area contributed by atoms with E-state index in [1.807, 2.05) is 0 Å². The Hall–Kier alpha value is -2.78. The molecule has 0 bridgehead atoms. The summed E-state index contributed by atoms with van der Waals surface area (Å²) in [6.45, 7) is 0. The van der Waals surface area contributed by atoms with Gasteiger partial charge in [0.25, 0.3) is 5.91 Å². The predicted octanol–water partition coefficient (Wildman–Crippen LogP) is 3.77. The number of carbonyl (C=O) groups excluding carboxylic acids is 1. The summed E-state index contributed by atoms with van der Waals surface area (Å²) in [5.74, 6) is 0.952. The van der Waals surface area contributed by atoms with Crippen molar-refractivity contribution < 1.29 is 13.6 Å². The van der Waals surface area contributed by atoms with E-state index in [-0.39, 0.29) is 5.91 Å². The van der Waals surface area contributed by atoms with Crippen molar-refractivity contribution in [1.29, 1.82) is 0 Å². The summed E-state index contributed by atoms with van der Waals surface area (Å²) in [4.78, 5) is 16.9. The van der Waals surface area contributed by atoms with Gasteiger partial charge in [0.15, 0.2) is 21.5 Å². The van der Waals surface area contributed by atoms with Gasteiger partial charge in [-0.1, -0.05) is 11.3 Å². The first-order valence-electron chi connectivity index (χ1n) is 6.48. The quantitative estimate of drug-likeness (QED) is 0.605. The van der Waals surface area contributed by atoms with E-state index in [9.17, 15) is 4.79 Å². The van der Waals surface area contributed by atoms with Gasteiger partial charge in [0.2, 0.25) is 5.13 Å². The highest BCUT2D eigenvalue weighted by atomic mass is 32.1. The van der Waals surface area contributed by atoms with Crippen molar-refractivity contribution in [3.63, 3.8) is 0 Å². The van der Waals surface area contributed by atoms with Crippen molar-refractivity contribution in [3.8, 4) is 21.5 Å². The molecule has 4 aromatic rings. The third-order valence-corrected chi connectivity index (χ3v) is 4.70. The van der Waals surface area contributed by atoms with Crippen molar-refractivity contribution >= 4 is 33.7 Å². The first-order valence-corrected chi connectivity index (χ1v) is 8.11. The number of carbonyl (C=O) groups is 1. The molecule has 7 nitrogen and oxygen atoms in total. The third-order valence-electron chi connectivity index (χ3n) is 2.84. The Labute approximate surface area is 137 Å². The highest BCUT2D eigenvalue weighted by Crippen LogP contribution is 2.28. The van der Waals surface area contributed by atoms with E-state index in [0.717, 1.165) is 0 Å². The molecule has 23 heavy (non-hydrogen) atoms. The number of hydrogen-bond acceptors (Lipinski definition) is 8. The molecule has 0 aromatic carbocycles. The van der Waals surface area contributed by atoms with Crippen LogP contribution in [0.15, 0.2) is 51.8 Å². The first kappa shape index (κ1) is 13.9. The van der Waals surface area contributed by atoms with Gasteiger partial charge in [0.05, 0.1) is 18.7 Å². The minimum atomic E-state index is -0.289. The van der Waals surface area contributed by atoms with E-state index in [1.54, 1.807) is 36.8 Å². The maximum atomic E-state index is 12.2. The molecule has 0 aliphatic carbocycles. The van der Waals surface area contributed by atoms with Crippen LogP contribution in [-0.4, -0.2) is 21.1 Å². The standard InChI is InChI=1S/C14H8N4O3S2/c19-11(10-7-15-12(22-10)8-3-1-5-20-8)16-14-18-17-13(23-14)9-4-2-6-21-9/h1-7H,(H,16,18,19). The van der Waals surface area contributed by atoms with Crippen LogP contribution in [0.2, 0.25) is 0 Å². The summed E-state index contributed by atoms with van der Waals surface area (Å²) in [6.07, 6.45) is 4.63. The highest BCUT2D eigenvalue weighted by Gasteiger charge is 2.16. The van der Waals surface area contributed by atoms with Crippen molar-refractivity contribution in [3.05, 3.63) is 47.9 Å². The number of furan rings is 2. The number of amides is 1. The van der Waals surface area contributed by atoms with Gasteiger partial charge in [-0.05, 0) is 24.3 Å². The molecule has 0 atom stereocenters. The normalized spacial score (nSPS) is 10.8. The number of anilines is 1. The molecule has 0 unspecified atom stereocenters. The lowest BCUT2D eigenvalue weighted by atomic mass is 10.5. The molecule has 0 aliphatic rings. The zero-order valence-corrected chi connectivity index (χ0v) is 13.1. The SMILES string of the molecule is O=C(Nc1nnc(-c2ccco2)s1)c1cnc(-c2ccco2)s1. The van der Waals surface area contributed by atoms with Gasteiger partial charge in [0, 0.05) is 0 Å². The second-order valence-electron chi connectivity index (χ2n) is 4.35. The van der Waals surface area contributed by atoms with Crippen molar-refractivity contribution in [2.45, 2.75) is 0 Å². The molecule has 4 heterocycles. The summed E-state index contributed by atoms with van der Waals surface area (Å²) < 4.78 is 10.5. The fraction of sp³-hybridized carbons (Fsp3) is 0. The number of thiazole rings is 1. The Morgan fingerprint density at radius 1 is 1.00 bits per heavy atom. The van der Waals surface area contributed by atoms with E-state index in [2.05, 4.69) is 20.5 Å². The number of nitrogens with zero attached hydrogens (tertiary/aromatic N) is 3. The maximum Gasteiger partial charge on any atom is 0.269 e. The Morgan fingerprint density at radius 2 is 1.74 bits per heavy atom. The minimum Gasteiger partial charge on any atom is -0.462 e. The van der Waals surface area contributed by atoms with Gasteiger partial charge < -0.3 is 8.83 Å². The molecule has 0 radical (unpaired) electrons. The number of hydrogen-bond donors (Lipinski definition) is 1. The van der Waals surface area contributed by atoms with Gasteiger partial charge in [-0.15, -0.1) is 21.5 Å². The van der Waals surface area contributed by atoms with Gasteiger partial charge >= 0.3 is 0 Å². The second kappa shape index (κ2) is 5.78. The lowest BCUT2D eigenvalue weighted by Crippen LogP contribution is -2.09. The lowest BCUT2D eigenvalue weighted by molar-refractivity contribution is 0.103. The van der Waals surface area contributed by atoms with E-state index in [4.69, 9.17) is 8.83 Å². The largest absolute Gasteiger partial charge is 0.462 e. The topological polar surface area (TPSA) is 94.1 Å². The average Bonchev–Trinajstić information content (AvgIpc) is 3.30. The zero-order valence-electron chi connectivity index (χ0n) is 11.4. The molecule has 0 spiro atoms. The molecule has 1 N–H and O–H groups in total. The summed E-state index contributed by atoms with van der Waals surface area (Å²) in [6, 6.07) is 7.11. The predicted molar refractivity (Wildman–Crippen MR) is 85.4 cm³/mol. The fourth-order valence-electron chi connectivity index (χ4n) is 1.83. The Balaban J connectivity index is 1.50. The summed E-state index contributed by atoms with van der Waals surface area (Å²) in [7, 11) is 0. The van der Waals surface area contributed by atoms with E-state index in [0.29, 0.717) is 31.5 Å². The number of rotatable bonds is 4. The summed E-state index contributed by atoms with van der Waals surface area (Å²) in [5, 5.41) is 12.3. The van der Waals surface area contributed by atoms with Crippen molar-refractivity contribution in [2.24, 2.45) is 0 Å². The van der Waals surface area contributed by atoms with Gasteiger partial charge in [0.1, 0.15) is 4.88 Å². The van der Waals surface area contributed by atoms with Crippen LogP contribution < -0.4 is 5.32 Å². The second-order valence-corrected chi connectivity index (χ2v) is 6.36. The van der Waals surface area contributed by atoms with Crippen molar-refractivity contribution in [1.82, 2.24) is 15.2 Å². The smallest absolute Gasteiger partial charge is 0.269 e. The molecule has 4 rings (SSSR count). The molecule has 114 valence electrons. The first-order chi connectivity index (χ1) is 11.3. The Morgan fingerprint density at radius 3 is 2.43 bits per heavy atom. The number of aromatic nitrogens is 3. The monoisotopic (exact) mass is 344 g/mol. The van der Waals surface area contributed by atoms with Crippen LogP contribution in [0.5, 0.6) is 0 Å². The molecule has 4 aromatic heterocycles. The van der Waals surface area contributed by atoms with Crippen molar-refractivity contribution in [2.75, 3.05) is 5.32 Å². The van der Waals surface area contributed by atoms with Crippen LogP contribution in [0.1, 0.15) is 9.67 Å². The molecule has 1 amide bonds. The fourth-order valence-corrected chi connectivity index (χ4v) is 3.31. The molecule has 0 fully saturated rings. The third kappa shape index (κ3) is 2.79. The van der Waals surface area contributed by atoms with Crippen LogP contribution in [0, 0.1) is 0 Å². The molecule has 0 saturated carbocycles. The van der Waals surface area contributed by atoms with Gasteiger partial charge in [-0.25, -0.2) is 4.98 Å². The molecular weight excluding hydrogens is 336 g/mol. The van der Waals surface area contributed by atoms with Crippen LogP contribution in [-0.2, 0) is 0 Å². The Kier molecular flexibility index (Phi) is 3.48. The van der Waals surface area contributed by atoms with Crippen LogP contribution in [0.4, 0.5) is 5.13 Å². The molecule has 0 aliphatic heterocycles. The van der Waals surface area contributed by atoms with Gasteiger partial charge in [-0.3, -0.25) is 10.1 Å². The summed E-state index contributed by atoms with van der Waals surface area (Å²) in [5.41, 5.74) is 0. The molecule has 9 heteroatoms. The zero-order chi connectivity index (χ0) is 15.6. The maximum absolute atomic E-state index is 12.2. The number of nitrogens with one attached hydrogen (secondary N) is 1. The molecule has 0 saturated heterocycles. The van der Waals surface area contributed by atoms with E-state index >= 15 is 0 Å². The highest BCUT2D eigenvalue weighted by molar-refractivity contribution is 7.19. The van der Waals surface area contributed by atoms with Crippen LogP contribution in [0.25, 0.3) is 21.5 Å². The van der Waals surface area contributed by atoms with Crippen LogP contribution in [0.3, 0.4) is 0 Å². The Bertz CT molecular complexity index is 925. The van der Waals surface area contributed by atoms with E-state index in [1.165, 1.54) is 28.9 Å². The van der Waals surface area contributed by atoms with Gasteiger partial charge in [-0.2, -0.15) is 0 Å². The average molecular weight is 344 g/mol. The summed E-state index contributed by atoms with van der Waals surface area (Å²) >= 11 is 2.48. The molecular formula is C14H8N4O3S2. The van der Waals surface area contributed by atoms with Crippen LogP contribution >= 0.6 is 22.7 Å². The lowest BCUT2D eigenvalue weighted by Gasteiger charge is -1.95. The van der Waals surface area contributed by atoms with E-state index < -0.39 is 0 Å².